The van der Waals surface area contributed by atoms with Crippen molar-refractivity contribution in [2.75, 3.05) is 7.11 Å². The van der Waals surface area contributed by atoms with Crippen LogP contribution in [0.15, 0.2) is 18.3 Å². The highest BCUT2D eigenvalue weighted by atomic mass is 19.4. The van der Waals surface area contributed by atoms with Crippen LogP contribution in [0.5, 0.6) is 0 Å². The van der Waals surface area contributed by atoms with Gasteiger partial charge in [-0.15, -0.1) is 0 Å². The molecule has 1 unspecified atom stereocenters. The summed E-state index contributed by atoms with van der Waals surface area (Å²) in [6.45, 7) is 4.10. The minimum absolute atomic E-state index is 0.230. The molecule has 1 atom stereocenters. The van der Waals surface area contributed by atoms with Crippen molar-refractivity contribution in [2.45, 2.75) is 45.2 Å². The minimum atomic E-state index is -4.40. The molecular weight excluding hydrogens is 243 g/mol. The van der Waals surface area contributed by atoms with Crippen LogP contribution in [0.2, 0.25) is 0 Å². The highest BCUT2D eigenvalue weighted by Crippen LogP contribution is 2.28. The molecular formula is C13H19F3NO+. The lowest BCUT2D eigenvalue weighted by molar-refractivity contribution is -0.896. The first kappa shape index (κ1) is 14.8. The lowest BCUT2D eigenvalue weighted by Gasteiger charge is -2.11. The van der Waals surface area contributed by atoms with E-state index in [0.717, 1.165) is 35.6 Å². The zero-order valence-corrected chi connectivity index (χ0v) is 10.9. The maximum absolute atomic E-state index is 12.7. The average Bonchev–Trinajstić information content (AvgIpc) is 2.33. The first-order valence-electron chi connectivity index (χ1n) is 6.07. The summed E-state index contributed by atoms with van der Waals surface area (Å²) in [5.41, 5.74) is 0.0646. The van der Waals surface area contributed by atoms with E-state index in [-0.39, 0.29) is 5.92 Å². The summed E-state index contributed by atoms with van der Waals surface area (Å²) in [5, 5.41) is 0. The summed E-state index contributed by atoms with van der Waals surface area (Å²) < 4.78 is 38.8. The molecule has 0 amide bonds. The van der Waals surface area contributed by atoms with Crippen LogP contribution >= 0.6 is 0 Å². The van der Waals surface area contributed by atoms with E-state index in [2.05, 4.69) is 6.92 Å². The number of hydrogen-bond donors (Lipinski definition) is 0. The number of rotatable bonds is 5. The van der Waals surface area contributed by atoms with E-state index in [1.807, 2.05) is 6.92 Å². The fourth-order valence-electron chi connectivity index (χ4n) is 1.84. The van der Waals surface area contributed by atoms with Gasteiger partial charge in [-0.1, -0.05) is 26.7 Å². The van der Waals surface area contributed by atoms with Gasteiger partial charge in [-0.2, -0.15) is 13.2 Å². The Morgan fingerprint density at radius 3 is 2.50 bits per heavy atom. The van der Waals surface area contributed by atoms with Crippen molar-refractivity contribution in [3.63, 3.8) is 0 Å². The molecule has 0 fully saturated rings. The second-order valence-corrected chi connectivity index (χ2v) is 4.40. The van der Waals surface area contributed by atoms with Crippen molar-refractivity contribution in [3.8, 4) is 0 Å². The second-order valence-electron chi connectivity index (χ2n) is 4.40. The van der Waals surface area contributed by atoms with Gasteiger partial charge in [0.15, 0.2) is 0 Å². The number of alkyl halides is 3. The molecule has 1 aromatic rings. The Morgan fingerprint density at radius 2 is 2.00 bits per heavy atom. The molecule has 0 saturated heterocycles. The summed E-state index contributed by atoms with van der Waals surface area (Å²) in [4.78, 5) is 4.76. The average molecular weight is 262 g/mol. The number of hydrogen-bond acceptors (Lipinski definition) is 1. The first-order valence-corrected chi connectivity index (χ1v) is 6.07. The van der Waals surface area contributed by atoms with Gasteiger partial charge in [0.25, 0.3) is 0 Å². The van der Waals surface area contributed by atoms with E-state index in [1.54, 1.807) is 0 Å². The van der Waals surface area contributed by atoms with E-state index in [4.69, 9.17) is 4.84 Å². The van der Waals surface area contributed by atoms with Crippen LogP contribution in [0, 0.1) is 0 Å². The highest BCUT2D eigenvalue weighted by Gasteiger charge is 2.42. The number of pyridine rings is 1. The van der Waals surface area contributed by atoms with Crippen molar-refractivity contribution in [2.24, 2.45) is 0 Å². The van der Waals surface area contributed by atoms with Gasteiger partial charge in [0.1, 0.15) is 7.11 Å². The fraction of sp³-hybridized carbons (Fsp3) is 0.615. The van der Waals surface area contributed by atoms with Gasteiger partial charge in [0.05, 0.1) is 0 Å². The largest absolute Gasteiger partial charge is 0.482 e. The first-order chi connectivity index (χ1) is 8.40. The third kappa shape index (κ3) is 3.62. The lowest BCUT2D eigenvalue weighted by Crippen LogP contribution is -2.47. The van der Waals surface area contributed by atoms with E-state index < -0.39 is 11.9 Å². The zero-order valence-electron chi connectivity index (χ0n) is 10.9. The van der Waals surface area contributed by atoms with Crippen molar-refractivity contribution in [1.29, 1.82) is 0 Å². The summed E-state index contributed by atoms with van der Waals surface area (Å²) in [7, 11) is 1.23. The summed E-state index contributed by atoms with van der Waals surface area (Å²) in [6, 6.07) is 2.60. The van der Waals surface area contributed by atoms with Crippen LogP contribution in [0.3, 0.4) is 0 Å². The van der Waals surface area contributed by atoms with Gasteiger partial charge in [-0.05, 0) is 18.4 Å². The molecule has 0 spiro atoms. The molecule has 0 aliphatic rings. The van der Waals surface area contributed by atoms with Gasteiger partial charge in [0, 0.05) is 16.4 Å². The molecule has 0 aliphatic heterocycles. The van der Waals surface area contributed by atoms with Crippen LogP contribution in [0.1, 0.15) is 50.3 Å². The minimum Gasteiger partial charge on any atom is -0.274 e. The molecule has 18 heavy (non-hydrogen) atoms. The number of halogens is 3. The molecule has 0 radical (unpaired) electrons. The van der Waals surface area contributed by atoms with Gasteiger partial charge in [-0.3, -0.25) is 4.84 Å². The summed E-state index contributed by atoms with van der Waals surface area (Å²) >= 11 is 0. The van der Waals surface area contributed by atoms with Crippen molar-refractivity contribution < 1.29 is 22.7 Å². The number of aromatic nitrogens is 1. The van der Waals surface area contributed by atoms with Gasteiger partial charge in [0.2, 0.25) is 6.20 Å². The van der Waals surface area contributed by atoms with Crippen LogP contribution in [-0.4, -0.2) is 7.11 Å². The van der Waals surface area contributed by atoms with Gasteiger partial charge in [-0.25, -0.2) is 0 Å². The molecule has 0 aliphatic carbocycles. The second kappa shape index (κ2) is 6.07. The van der Waals surface area contributed by atoms with Crippen LogP contribution in [0.4, 0.5) is 13.2 Å². The molecule has 0 N–H and O–H groups in total. The summed E-state index contributed by atoms with van der Waals surface area (Å²) in [6.07, 6.45) is 0.125. The Balaban J connectivity index is 2.98. The third-order valence-electron chi connectivity index (χ3n) is 2.98. The van der Waals surface area contributed by atoms with E-state index in [1.165, 1.54) is 19.4 Å². The molecule has 1 heterocycles. The van der Waals surface area contributed by atoms with Gasteiger partial charge < -0.3 is 0 Å². The Kier molecular flexibility index (Phi) is 4.99. The predicted octanol–water partition coefficient (Wildman–Crippen LogP) is 3.35. The molecule has 1 aromatic heterocycles. The van der Waals surface area contributed by atoms with Crippen molar-refractivity contribution in [1.82, 2.24) is 0 Å². The normalized spacial score (nSPS) is 13.4. The van der Waals surface area contributed by atoms with Gasteiger partial charge >= 0.3 is 11.9 Å². The molecule has 0 bridgehead atoms. The smallest absolute Gasteiger partial charge is 0.274 e. The zero-order chi connectivity index (χ0) is 13.8. The van der Waals surface area contributed by atoms with Crippen LogP contribution in [-0.2, 0) is 6.18 Å². The Labute approximate surface area is 105 Å². The van der Waals surface area contributed by atoms with Crippen molar-refractivity contribution >= 4 is 0 Å². The molecule has 0 aromatic carbocycles. The third-order valence-corrected chi connectivity index (χ3v) is 2.98. The topological polar surface area (TPSA) is 13.1 Å². The van der Waals surface area contributed by atoms with Crippen molar-refractivity contribution in [3.05, 3.63) is 29.6 Å². The van der Waals surface area contributed by atoms with E-state index in [9.17, 15) is 13.2 Å². The standard InChI is InChI=1S/C13H19F3NO/c1-4-5-6-10(2)11-7-8-12(13(14,15)16)17(9-11)18-3/h7-10H,4-6H2,1-3H3/q+1. The van der Waals surface area contributed by atoms with E-state index >= 15 is 0 Å². The fourth-order valence-corrected chi connectivity index (χ4v) is 1.84. The SMILES string of the molecule is CCCCC(C)c1ccc(C(F)(F)F)[n+](OC)c1. The lowest BCUT2D eigenvalue weighted by atomic mass is 9.97. The quantitative estimate of drug-likeness (QED) is 0.742. The molecule has 1 rings (SSSR count). The Bertz CT molecular complexity index is 390. The maximum atomic E-state index is 12.7. The monoisotopic (exact) mass is 262 g/mol. The molecule has 102 valence electrons. The Hall–Kier alpha value is -1.26. The summed E-state index contributed by atoms with van der Waals surface area (Å²) in [5.74, 6) is 0.230. The number of nitrogens with zero attached hydrogens (tertiary/aromatic N) is 1. The molecule has 2 nitrogen and oxygen atoms in total. The maximum Gasteiger partial charge on any atom is 0.482 e. The predicted molar refractivity (Wildman–Crippen MR) is 62.1 cm³/mol. The molecule has 5 heteroatoms. The van der Waals surface area contributed by atoms with E-state index in [0.29, 0.717) is 0 Å². The highest BCUT2D eigenvalue weighted by molar-refractivity contribution is 5.15. The number of unbranched alkanes of at least 4 members (excludes halogenated alkanes) is 1. The van der Waals surface area contributed by atoms with Crippen LogP contribution in [0.25, 0.3) is 0 Å². The van der Waals surface area contributed by atoms with Crippen LogP contribution < -0.4 is 9.57 Å². The molecule has 0 saturated carbocycles. The Morgan fingerprint density at radius 1 is 1.33 bits per heavy atom.